The van der Waals surface area contributed by atoms with Gasteiger partial charge >= 0.3 is 7.12 Å². The Morgan fingerprint density at radius 1 is 1.06 bits per heavy atom. The van der Waals surface area contributed by atoms with Crippen molar-refractivity contribution in [1.29, 1.82) is 0 Å². The molecule has 4 heteroatoms. The minimum absolute atomic E-state index is 0.577. The zero-order valence-electron chi connectivity index (χ0n) is 11.0. The zero-order valence-corrected chi connectivity index (χ0v) is 11.8. The molecule has 0 aliphatic carbocycles. The van der Waals surface area contributed by atoms with Crippen LogP contribution in [0.1, 0.15) is 51.0 Å². The molecule has 0 heterocycles. The van der Waals surface area contributed by atoms with Gasteiger partial charge in [-0.3, -0.25) is 0 Å². The fourth-order valence-electron chi connectivity index (χ4n) is 2.14. The van der Waals surface area contributed by atoms with Crippen LogP contribution in [-0.2, 0) is 6.42 Å². The standard InChI is InChI=1S/C14H22BClO2/c1-2-3-4-5-6-7-8-12-11-13(16)9-10-14(12)15(17)18/h9-11,17-18H,2-8H2,1H3. The lowest BCUT2D eigenvalue weighted by atomic mass is 9.76. The maximum atomic E-state index is 9.28. The summed E-state index contributed by atoms with van der Waals surface area (Å²) in [5.41, 5.74) is 1.53. The van der Waals surface area contributed by atoms with Gasteiger partial charge in [0.25, 0.3) is 0 Å². The summed E-state index contributed by atoms with van der Waals surface area (Å²) < 4.78 is 0. The molecule has 18 heavy (non-hydrogen) atoms. The van der Waals surface area contributed by atoms with Crippen LogP contribution in [0.25, 0.3) is 0 Å². The number of unbranched alkanes of at least 4 members (excludes halogenated alkanes) is 5. The Balaban J connectivity index is 2.43. The highest BCUT2D eigenvalue weighted by Gasteiger charge is 2.15. The number of hydrogen-bond acceptors (Lipinski definition) is 2. The Morgan fingerprint density at radius 2 is 1.72 bits per heavy atom. The van der Waals surface area contributed by atoms with Crippen molar-refractivity contribution in [2.75, 3.05) is 0 Å². The third-order valence-electron chi connectivity index (χ3n) is 3.18. The van der Waals surface area contributed by atoms with E-state index in [1.54, 1.807) is 12.1 Å². The smallest absolute Gasteiger partial charge is 0.423 e. The van der Waals surface area contributed by atoms with Gasteiger partial charge in [-0.15, -0.1) is 0 Å². The molecule has 0 aliphatic heterocycles. The van der Waals surface area contributed by atoms with Gasteiger partial charge in [-0.25, -0.2) is 0 Å². The van der Waals surface area contributed by atoms with Crippen molar-refractivity contribution in [3.05, 3.63) is 28.8 Å². The Hall–Kier alpha value is -0.505. The fourth-order valence-corrected chi connectivity index (χ4v) is 2.33. The van der Waals surface area contributed by atoms with E-state index in [0.29, 0.717) is 10.5 Å². The van der Waals surface area contributed by atoms with Crippen molar-refractivity contribution in [1.82, 2.24) is 0 Å². The summed E-state index contributed by atoms with van der Waals surface area (Å²) in [5, 5.41) is 19.2. The van der Waals surface area contributed by atoms with Crippen LogP contribution in [0.2, 0.25) is 5.02 Å². The summed E-state index contributed by atoms with van der Waals surface area (Å²) >= 11 is 5.94. The Morgan fingerprint density at radius 3 is 2.39 bits per heavy atom. The summed E-state index contributed by atoms with van der Waals surface area (Å²) in [4.78, 5) is 0. The molecule has 0 saturated heterocycles. The minimum atomic E-state index is -1.41. The minimum Gasteiger partial charge on any atom is -0.423 e. The second kappa shape index (κ2) is 8.57. The Bertz CT molecular complexity index is 356. The topological polar surface area (TPSA) is 40.5 Å². The van der Waals surface area contributed by atoms with E-state index < -0.39 is 7.12 Å². The molecule has 0 bridgehead atoms. The fraction of sp³-hybridized carbons (Fsp3) is 0.571. The SMILES string of the molecule is CCCCCCCCc1cc(Cl)ccc1B(O)O. The van der Waals surface area contributed by atoms with Crippen molar-refractivity contribution in [2.24, 2.45) is 0 Å². The monoisotopic (exact) mass is 268 g/mol. The first kappa shape index (κ1) is 15.6. The van der Waals surface area contributed by atoms with Crippen molar-refractivity contribution < 1.29 is 10.0 Å². The molecule has 0 aliphatic rings. The predicted molar refractivity (Wildman–Crippen MR) is 78.4 cm³/mol. The van der Waals surface area contributed by atoms with Gasteiger partial charge in [-0.05, 0) is 36.0 Å². The van der Waals surface area contributed by atoms with E-state index in [-0.39, 0.29) is 0 Å². The molecular weight excluding hydrogens is 246 g/mol. The highest BCUT2D eigenvalue weighted by Crippen LogP contribution is 2.13. The molecule has 1 rings (SSSR count). The summed E-state index contributed by atoms with van der Waals surface area (Å²) in [6, 6.07) is 5.23. The van der Waals surface area contributed by atoms with Crippen molar-refractivity contribution in [3.8, 4) is 0 Å². The van der Waals surface area contributed by atoms with Gasteiger partial charge in [-0.1, -0.05) is 56.7 Å². The quantitative estimate of drug-likeness (QED) is 0.562. The summed E-state index contributed by atoms with van der Waals surface area (Å²) in [7, 11) is -1.41. The van der Waals surface area contributed by atoms with Gasteiger partial charge in [0.1, 0.15) is 0 Å². The summed E-state index contributed by atoms with van der Waals surface area (Å²) in [5.74, 6) is 0. The first-order valence-electron chi connectivity index (χ1n) is 6.79. The van der Waals surface area contributed by atoms with Crippen LogP contribution >= 0.6 is 11.6 Å². The third kappa shape index (κ3) is 5.43. The molecule has 0 unspecified atom stereocenters. The number of aryl methyl sites for hydroxylation is 1. The molecule has 0 spiro atoms. The molecule has 1 aromatic carbocycles. The molecule has 0 saturated carbocycles. The Kier molecular flexibility index (Phi) is 7.41. The zero-order chi connectivity index (χ0) is 13.4. The van der Waals surface area contributed by atoms with Gasteiger partial charge in [0.2, 0.25) is 0 Å². The van der Waals surface area contributed by atoms with Gasteiger partial charge in [-0.2, -0.15) is 0 Å². The second-order valence-electron chi connectivity index (χ2n) is 4.73. The third-order valence-corrected chi connectivity index (χ3v) is 3.42. The second-order valence-corrected chi connectivity index (χ2v) is 5.17. The molecule has 0 radical (unpaired) electrons. The molecule has 0 amide bonds. The van der Waals surface area contributed by atoms with E-state index in [2.05, 4.69) is 6.92 Å². The molecule has 0 aromatic heterocycles. The van der Waals surface area contributed by atoms with E-state index in [1.165, 1.54) is 32.1 Å². The van der Waals surface area contributed by atoms with Crippen LogP contribution in [0.5, 0.6) is 0 Å². The van der Waals surface area contributed by atoms with E-state index >= 15 is 0 Å². The lowest BCUT2D eigenvalue weighted by Gasteiger charge is -2.09. The van der Waals surface area contributed by atoms with Crippen LogP contribution in [0.4, 0.5) is 0 Å². The van der Waals surface area contributed by atoms with E-state index in [1.807, 2.05) is 6.07 Å². The molecule has 2 N–H and O–H groups in total. The molecule has 2 nitrogen and oxygen atoms in total. The van der Waals surface area contributed by atoms with Gasteiger partial charge < -0.3 is 10.0 Å². The summed E-state index contributed by atoms with van der Waals surface area (Å²) in [6.45, 7) is 2.21. The largest absolute Gasteiger partial charge is 0.488 e. The number of halogens is 1. The average molecular weight is 269 g/mol. The van der Waals surface area contributed by atoms with Crippen molar-refractivity contribution >= 4 is 24.2 Å². The highest BCUT2D eigenvalue weighted by atomic mass is 35.5. The molecule has 0 fully saturated rings. The van der Waals surface area contributed by atoms with Crippen molar-refractivity contribution in [2.45, 2.75) is 51.9 Å². The lowest BCUT2D eigenvalue weighted by Crippen LogP contribution is -2.32. The molecule has 1 aromatic rings. The lowest BCUT2D eigenvalue weighted by molar-refractivity contribution is 0.425. The highest BCUT2D eigenvalue weighted by molar-refractivity contribution is 6.59. The first-order chi connectivity index (χ1) is 8.65. The van der Waals surface area contributed by atoms with Gasteiger partial charge in [0, 0.05) is 5.02 Å². The predicted octanol–water partition coefficient (Wildman–Crippen LogP) is 2.92. The number of hydrogen-bond donors (Lipinski definition) is 2. The maximum Gasteiger partial charge on any atom is 0.488 e. The number of benzene rings is 1. The van der Waals surface area contributed by atoms with E-state index in [4.69, 9.17) is 11.6 Å². The van der Waals surface area contributed by atoms with Crippen LogP contribution in [0.3, 0.4) is 0 Å². The van der Waals surface area contributed by atoms with E-state index in [0.717, 1.165) is 18.4 Å². The van der Waals surface area contributed by atoms with Gasteiger partial charge in [0.05, 0.1) is 0 Å². The molecular formula is C14H22BClO2. The number of rotatable bonds is 8. The Labute approximate surface area is 115 Å². The average Bonchev–Trinajstić information content (AvgIpc) is 2.33. The van der Waals surface area contributed by atoms with Crippen molar-refractivity contribution in [3.63, 3.8) is 0 Å². The van der Waals surface area contributed by atoms with Crippen LogP contribution in [-0.4, -0.2) is 17.2 Å². The van der Waals surface area contributed by atoms with Crippen LogP contribution in [0, 0.1) is 0 Å². The normalized spacial score (nSPS) is 10.7. The van der Waals surface area contributed by atoms with Gasteiger partial charge in [0.15, 0.2) is 0 Å². The first-order valence-corrected chi connectivity index (χ1v) is 7.17. The van der Waals surface area contributed by atoms with E-state index in [9.17, 15) is 10.0 Å². The molecule has 100 valence electrons. The maximum absolute atomic E-state index is 9.28. The summed E-state index contributed by atoms with van der Waals surface area (Å²) in [6.07, 6.45) is 8.23. The van der Waals surface area contributed by atoms with Crippen LogP contribution in [0.15, 0.2) is 18.2 Å². The molecule has 0 atom stereocenters. The van der Waals surface area contributed by atoms with Crippen LogP contribution < -0.4 is 5.46 Å².